The van der Waals surface area contributed by atoms with Gasteiger partial charge in [-0.05, 0) is 73.0 Å². The minimum absolute atomic E-state index is 0.378. The molecule has 188 valence electrons. The standard InChI is InChI=1S/C27H26Cl2N2O5/c1-2-24(26(32)33)35-22-5-3-4-18(16-22)12-13-31(14-15-34-21-9-6-19(28)7-10-21)27-30-23-17-20(29)8-11-25(23)36-27/h3-11,16-17,24H,2,12-15H2,1H3,(H,32,33). The molecule has 7 nitrogen and oxygen atoms in total. The molecule has 0 spiro atoms. The fourth-order valence-electron chi connectivity index (χ4n) is 3.64. The number of rotatable bonds is 12. The molecule has 0 bridgehead atoms. The van der Waals surface area contributed by atoms with Gasteiger partial charge in [-0.25, -0.2) is 4.79 Å². The number of hydrogen-bond donors (Lipinski definition) is 1. The molecule has 0 saturated carbocycles. The maximum Gasteiger partial charge on any atom is 0.344 e. The van der Waals surface area contributed by atoms with Gasteiger partial charge in [0, 0.05) is 16.6 Å². The monoisotopic (exact) mass is 528 g/mol. The summed E-state index contributed by atoms with van der Waals surface area (Å²) in [4.78, 5) is 18.0. The Balaban J connectivity index is 1.47. The number of halogens is 2. The van der Waals surface area contributed by atoms with Crippen LogP contribution in [-0.4, -0.2) is 41.9 Å². The molecule has 0 amide bonds. The second-order valence-corrected chi connectivity index (χ2v) is 9.02. The van der Waals surface area contributed by atoms with Gasteiger partial charge in [0.25, 0.3) is 6.01 Å². The van der Waals surface area contributed by atoms with Crippen LogP contribution in [0.4, 0.5) is 6.01 Å². The summed E-state index contributed by atoms with van der Waals surface area (Å²) < 4.78 is 17.5. The Hall–Kier alpha value is -3.42. The quantitative estimate of drug-likeness (QED) is 0.224. The van der Waals surface area contributed by atoms with Crippen LogP contribution in [0.1, 0.15) is 18.9 Å². The van der Waals surface area contributed by atoms with Gasteiger partial charge >= 0.3 is 5.97 Å². The van der Waals surface area contributed by atoms with Crippen LogP contribution >= 0.6 is 23.2 Å². The number of fused-ring (bicyclic) bond motifs is 1. The molecule has 1 N–H and O–H groups in total. The van der Waals surface area contributed by atoms with Crippen molar-refractivity contribution in [3.63, 3.8) is 0 Å². The first-order chi connectivity index (χ1) is 17.4. The number of carbonyl (C=O) groups is 1. The topological polar surface area (TPSA) is 85.0 Å². The Bertz CT molecular complexity index is 1310. The van der Waals surface area contributed by atoms with E-state index in [9.17, 15) is 9.90 Å². The molecule has 4 rings (SSSR count). The highest BCUT2D eigenvalue weighted by Crippen LogP contribution is 2.25. The highest BCUT2D eigenvalue weighted by Gasteiger charge is 2.18. The van der Waals surface area contributed by atoms with Gasteiger partial charge in [0.1, 0.15) is 23.6 Å². The van der Waals surface area contributed by atoms with Gasteiger partial charge in [-0.3, -0.25) is 0 Å². The van der Waals surface area contributed by atoms with Crippen LogP contribution in [0.15, 0.2) is 71.1 Å². The third-order valence-electron chi connectivity index (χ3n) is 5.55. The van der Waals surface area contributed by atoms with E-state index < -0.39 is 12.1 Å². The summed E-state index contributed by atoms with van der Waals surface area (Å²) in [6.07, 6.45) is 0.151. The Labute approximate surface area is 219 Å². The summed E-state index contributed by atoms with van der Waals surface area (Å²) in [5.41, 5.74) is 2.32. The number of aromatic nitrogens is 1. The molecular weight excluding hydrogens is 503 g/mol. The number of hydrogen-bond acceptors (Lipinski definition) is 6. The smallest absolute Gasteiger partial charge is 0.344 e. The fourth-order valence-corrected chi connectivity index (χ4v) is 3.93. The van der Waals surface area contributed by atoms with Gasteiger partial charge in [-0.2, -0.15) is 4.98 Å². The van der Waals surface area contributed by atoms with E-state index in [1.54, 1.807) is 43.3 Å². The molecule has 1 atom stereocenters. The molecule has 0 radical (unpaired) electrons. The summed E-state index contributed by atoms with van der Waals surface area (Å²) in [6.45, 7) is 3.29. The lowest BCUT2D eigenvalue weighted by atomic mass is 10.1. The molecule has 0 aliphatic carbocycles. The predicted molar refractivity (Wildman–Crippen MR) is 141 cm³/mol. The summed E-state index contributed by atoms with van der Waals surface area (Å²) in [7, 11) is 0. The minimum atomic E-state index is -0.981. The summed E-state index contributed by atoms with van der Waals surface area (Å²) >= 11 is 12.1. The lowest BCUT2D eigenvalue weighted by Crippen LogP contribution is -2.30. The summed E-state index contributed by atoms with van der Waals surface area (Å²) in [6, 6.07) is 20.4. The van der Waals surface area contributed by atoms with Crippen molar-refractivity contribution in [2.24, 2.45) is 0 Å². The average molecular weight is 529 g/mol. The molecule has 36 heavy (non-hydrogen) atoms. The first kappa shape index (κ1) is 25.7. The Morgan fingerprint density at radius 3 is 2.56 bits per heavy atom. The number of nitrogens with zero attached hydrogens (tertiary/aromatic N) is 2. The average Bonchev–Trinajstić information content (AvgIpc) is 3.28. The van der Waals surface area contributed by atoms with E-state index in [2.05, 4.69) is 4.98 Å². The maximum absolute atomic E-state index is 11.3. The second kappa shape index (κ2) is 12.0. The first-order valence-corrected chi connectivity index (χ1v) is 12.3. The molecule has 1 heterocycles. The van der Waals surface area contributed by atoms with E-state index in [1.807, 2.05) is 35.2 Å². The Kier molecular flexibility index (Phi) is 8.57. The minimum Gasteiger partial charge on any atom is -0.492 e. The van der Waals surface area contributed by atoms with E-state index in [-0.39, 0.29) is 0 Å². The molecule has 0 aliphatic heterocycles. The van der Waals surface area contributed by atoms with Crippen LogP contribution in [0, 0.1) is 0 Å². The van der Waals surface area contributed by atoms with Crippen LogP contribution in [0.5, 0.6) is 11.5 Å². The zero-order valence-corrected chi connectivity index (χ0v) is 21.2. The highest BCUT2D eigenvalue weighted by molar-refractivity contribution is 6.31. The van der Waals surface area contributed by atoms with Crippen LogP contribution in [0.3, 0.4) is 0 Å². The van der Waals surface area contributed by atoms with Crippen molar-refractivity contribution in [2.75, 3.05) is 24.6 Å². The van der Waals surface area contributed by atoms with Crippen molar-refractivity contribution >= 4 is 46.3 Å². The maximum atomic E-state index is 11.3. The van der Waals surface area contributed by atoms with Crippen LogP contribution < -0.4 is 14.4 Å². The first-order valence-electron chi connectivity index (χ1n) is 11.6. The lowest BCUT2D eigenvalue weighted by Gasteiger charge is -2.21. The third kappa shape index (κ3) is 6.83. The van der Waals surface area contributed by atoms with Crippen molar-refractivity contribution < 1.29 is 23.8 Å². The van der Waals surface area contributed by atoms with Crippen molar-refractivity contribution in [2.45, 2.75) is 25.9 Å². The molecule has 9 heteroatoms. The molecule has 0 aliphatic rings. The molecule has 1 aromatic heterocycles. The zero-order valence-electron chi connectivity index (χ0n) is 19.7. The SMILES string of the molecule is CCC(Oc1cccc(CCN(CCOc2ccc(Cl)cc2)c2nc3cc(Cl)ccc3o2)c1)C(=O)O. The van der Waals surface area contributed by atoms with E-state index in [0.717, 1.165) is 11.3 Å². The predicted octanol–water partition coefficient (Wildman–Crippen LogP) is 6.50. The number of anilines is 1. The second-order valence-electron chi connectivity index (χ2n) is 8.15. The zero-order chi connectivity index (χ0) is 25.5. The molecule has 0 fully saturated rings. The molecule has 3 aromatic carbocycles. The number of oxazole rings is 1. The van der Waals surface area contributed by atoms with Gasteiger partial charge in [0.2, 0.25) is 0 Å². The Morgan fingerprint density at radius 1 is 1.03 bits per heavy atom. The fraction of sp³-hybridized carbons (Fsp3) is 0.259. The molecule has 0 saturated heterocycles. The summed E-state index contributed by atoms with van der Waals surface area (Å²) in [5, 5.41) is 10.5. The van der Waals surface area contributed by atoms with Gasteiger partial charge < -0.3 is 23.9 Å². The number of aliphatic carboxylic acids is 1. The number of benzene rings is 3. The van der Waals surface area contributed by atoms with Crippen molar-refractivity contribution in [3.05, 3.63) is 82.3 Å². The van der Waals surface area contributed by atoms with Gasteiger partial charge in [0.15, 0.2) is 11.7 Å². The van der Waals surface area contributed by atoms with Gasteiger partial charge in [-0.15, -0.1) is 0 Å². The normalized spacial score (nSPS) is 11.9. The third-order valence-corrected chi connectivity index (χ3v) is 6.03. The molecule has 4 aromatic rings. The van der Waals surface area contributed by atoms with Crippen molar-refractivity contribution in [3.8, 4) is 11.5 Å². The van der Waals surface area contributed by atoms with Crippen LogP contribution in [-0.2, 0) is 11.2 Å². The lowest BCUT2D eigenvalue weighted by molar-refractivity contribution is -0.145. The van der Waals surface area contributed by atoms with E-state index >= 15 is 0 Å². The molecular formula is C27H26Cl2N2O5. The number of carboxylic acid groups (broad SMARTS) is 1. The summed E-state index contributed by atoms with van der Waals surface area (Å²) in [5.74, 6) is 0.263. The van der Waals surface area contributed by atoms with Crippen LogP contribution in [0.25, 0.3) is 11.1 Å². The van der Waals surface area contributed by atoms with E-state index in [1.165, 1.54) is 0 Å². The van der Waals surface area contributed by atoms with Gasteiger partial charge in [0.05, 0.1) is 6.54 Å². The van der Waals surface area contributed by atoms with E-state index in [4.69, 9.17) is 37.1 Å². The van der Waals surface area contributed by atoms with E-state index in [0.29, 0.717) is 65.4 Å². The largest absolute Gasteiger partial charge is 0.492 e. The number of ether oxygens (including phenoxy) is 2. The highest BCUT2D eigenvalue weighted by atomic mass is 35.5. The van der Waals surface area contributed by atoms with Crippen molar-refractivity contribution in [1.29, 1.82) is 0 Å². The van der Waals surface area contributed by atoms with Gasteiger partial charge in [-0.1, -0.05) is 42.3 Å². The van der Waals surface area contributed by atoms with Crippen molar-refractivity contribution in [1.82, 2.24) is 4.98 Å². The van der Waals surface area contributed by atoms with Crippen LogP contribution in [0.2, 0.25) is 10.0 Å². The molecule has 1 unspecified atom stereocenters. The number of carboxylic acids is 1. The Morgan fingerprint density at radius 2 is 1.81 bits per heavy atom.